The van der Waals surface area contributed by atoms with Gasteiger partial charge in [0.05, 0.1) is 18.0 Å². The summed E-state index contributed by atoms with van der Waals surface area (Å²) in [6.45, 7) is 2.90. The molecule has 0 aliphatic carbocycles. The van der Waals surface area contributed by atoms with Gasteiger partial charge < -0.3 is 4.74 Å². The van der Waals surface area contributed by atoms with Crippen molar-refractivity contribution in [2.75, 3.05) is 6.61 Å². The van der Waals surface area contributed by atoms with Gasteiger partial charge in [0.25, 0.3) is 0 Å². The number of hydrogen-bond donors (Lipinski definition) is 0. The van der Waals surface area contributed by atoms with Crippen molar-refractivity contribution in [2.24, 2.45) is 10.2 Å². The SMILES string of the molecule is CCCCOc1ccc(N=Nc2cccc3ccccc23)c2ccccc12. The lowest BCUT2D eigenvalue weighted by Gasteiger charge is -2.10. The molecule has 0 aliphatic rings. The van der Waals surface area contributed by atoms with Gasteiger partial charge in [-0.3, -0.25) is 0 Å². The highest BCUT2D eigenvalue weighted by molar-refractivity contribution is 5.97. The molecule has 0 N–H and O–H groups in total. The van der Waals surface area contributed by atoms with E-state index in [4.69, 9.17) is 4.74 Å². The van der Waals surface area contributed by atoms with E-state index in [-0.39, 0.29) is 0 Å². The zero-order valence-corrected chi connectivity index (χ0v) is 15.4. The summed E-state index contributed by atoms with van der Waals surface area (Å²) in [4.78, 5) is 0. The highest BCUT2D eigenvalue weighted by atomic mass is 16.5. The molecule has 0 fully saturated rings. The fourth-order valence-corrected chi connectivity index (χ4v) is 3.20. The van der Waals surface area contributed by atoms with Gasteiger partial charge in [-0.1, -0.05) is 74.0 Å². The van der Waals surface area contributed by atoms with Crippen LogP contribution in [0, 0.1) is 0 Å². The van der Waals surface area contributed by atoms with Crippen LogP contribution in [0.15, 0.2) is 89.1 Å². The molecule has 0 heterocycles. The van der Waals surface area contributed by atoms with Crippen LogP contribution in [-0.4, -0.2) is 6.61 Å². The molecule has 0 atom stereocenters. The van der Waals surface area contributed by atoms with Crippen LogP contribution >= 0.6 is 0 Å². The first kappa shape index (κ1) is 17.2. The maximum Gasteiger partial charge on any atom is 0.127 e. The first-order chi connectivity index (χ1) is 13.4. The monoisotopic (exact) mass is 354 g/mol. The Labute approximate surface area is 159 Å². The quantitative estimate of drug-likeness (QED) is 0.259. The van der Waals surface area contributed by atoms with Gasteiger partial charge >= 0.3 is 0 Å². The fraction of sp³-hybridized carbons (Fsp3) is 0.167. The number of fused-ring (bicyclic) bond motifs is 2. The number of nitrogens with zero attached hydrogens (tertiary/aromatic N) is 2. The van der Waals surface area contributed by atoms with E-state index in [1.165, 1.54) is 5.39 Å². The van der Waals surface area contributed by atoms with Gasteiger partial charge in [-0.2, -0.15) is 0 Å². The van der Waals surface area contributed by atoms with Gasteiger partial charge in [0.15, 0.2) is 0 Å². The smallest absolute Gasteiger partial charge is 0.127 e. The van der Waals surface area contributed by atoms with Crippen molar-refractivity contribution >= 4 is 32.9 Å². The van der Waals surface area contributed by atoms with E-state index in [0.29, 0.717) is 0 Å². The summed E-state index contributed by atoms with van der Waals surface area (Å²) in [6.07, 6.45) is 2.17. The normalized spacial score (nSPS) is 11.4. The van der Waals surface area contributed by atoms with Crippen molar-refractivity contribution in [1.29, 1.82) is 0 Å². The van der Waals surface area contributed by atoms with Crippen molar-refractivity contribution in [1.82, 2.24) is 0 Å². The van der Waals surface area contributed by atoms with Crippen LogP contribution in [0.4, 0.5) is 11.4 Å². The Hall–Kier alpha value is -3.20. The molecule has 0 bridgehead atoms. The molecular weight excluding hydrogens is 332 g/mol. The van der Waals surface area contributed by atoms with E-state index < -0.39 is 0 Å². The van der Waals surface area contributed by atoms with Crippen LogP contribution in [0.25, 0.3) is 21.5 Å². The van der Waals surface area contributed by atoms with Gasteiger partial charge in [0, 0.05) is 16.2 Å². The fourth-order valence-electron chi connectivity index (χ4n) is 3.20. The minimum absolute atomic E-state index is 0.733. The number of hydrogen-bond acceptors (Lipinski definition) is 3. The zero-order chi connectivity index (χ0) is 18.5. The van der Waals surface area contributed by atoms with Crippen LogP contribution in [0.1, 0.15) is 19.8 Å². The second kappa shape index (κ2) is 8.00. The third kappa shape index (κ3) is 3.68. The van der Waals surface area contributed by atoms with E-state index in [9.17, 15) is 0 Å². The lowest BCUT2D eigenvalue weighted by molar-refractivity contribution is 0.313. The van der Waals surface area contributed by atoms with E-state index >= 15 is 0 Å². The van der Waals surface area contributed by atoms with Crippen LogP contribution in [0.5, 0.6) is 5.75 Å². The molecule has 0 saturated carbocycles. The molecule has 0 radical (unpaired) electrons. The van der Waals surface area contributed by atoms with Crippen LogP contribution in [0.2, 0.25) is 0 Å². The second-order valence-corrected chi connectivity index (χ2v) is 6.53. The van der Waals surface area contributed by atoms with Gasteiger partial charge in [-0.15, -0.1) is 10.2 Å². The predicted octanol–water partition coefficient (Wildman–Crippen LogP) is 7.59. The van der Waals surface area contributed by atoms with Gasteiger partial charge in [-0.25, -0.2) is 0 Å². The summed E-state index contributed by atoms with van der Waals surface area (Å²) < 4.78 is 5.96. The first-order valence-electron chi connectivity index (χ1n) is 9.41. The molecule has 27 heavy (non-hydrogen) atoms. The first-order valence-corrected chi connectivity index (χ1v) is 9.41. The number of azo groups is 1. The lowest BCUT2D eigenvalue weighted by Crippen LogP contribution is -1.96. The summed E-state index contributed by atoms with van der Waals surface area (Å²) in [7, 11) is 0. The van der Waals surface area contributed by atoms with Crippen molar-refractivity contribution in [2.45, 2.75) is 19.8 Å². The minimum Gasteiger partial charge on any atom is -0.493 e. The highest BCUT2D eigenvalue weighted by Gasteiger charge is 2.07. The standard InChI is InChI=1S/C24H22N2O/c1-2-3-17-27-24-16-15-23(20-12-6-7-13-21(20)24)26-25-22-14-8-10-18-9-4-5-11-19(18)22/h4-16H,2-3,17H2,1H3. The maximum atomic E-state index is 5.96. The molecule has 0 aliphatic heterocycles. The van der Waals surface area contributed by atoms with Crippen LogP contribution in [0.3, 0.4) is 0 Å². The molecular formula is C24H22N2O. The van der Waals surface area contributed by atoms with Gasteiger partial charge in [-0.05, 0) is 30.0 Å². The van der Waals surface area contributed by atoms with Crippen molar-refractivity contribution in [3.8, 4) is 5.75 Å². The Morgan fingerprint density at radius 1 is 0.667 bits per heavy atom. The lowest BCUT2D eigenvalue weighted by atomic mass is 10.1. The number of ether oxygens (including phenoxy) is 1. The molecule has 134 valence electrons. The van der Waals surface area contributed by atoms with Crippen LogP contribution in [-0.2, 0) is 0 Å². The third-order valence-electron chi connectivity index (χ3n) is 4.65. The number of benzene rings is 4. The Morgan fingerprint density at radius 2 is 1.33 bits per heavy atom. The largest absolute Gasteiger partial charge is 0.493 e. The van der Waals surface area contributed by atoms with Crippen molar-refractivity contribution < 1.29 is 4.74 Å². The molecule has 4 aromatic carbocycles. The summed E-state index contributed by atoms with van der Waals surface area (Å²) in [5.74, 6) is 0.906. The molecule has 0 unspecified atom stereocenters. The minimum atomic E-state index is 0.733. The third-order valence-corrected chi connectivity index (χ3v) is 4.65. The van der Waals surface area contributed by atoms with Crippen molar-refractivity contribution in [3.05, 3.63) is 78.9 Å². The molecule has 4 aromatic rings. The summed E-state index contributed by atoms with van der Waals surface area (Å²) in [5, 5.41) is 13.5. The topological polar surface area (TPSA) is 34.0 Å². The Morgan fingerprint density at radius 3 is 2.15 bits per heavy atom. The zero-order valence-electron chi connectivity index (χ0n) is 15.4. The van der Waals surface area contributed by atoms with E-state index in [1.807, 2.05) is 48.5 Å². The van der Waals surface area contributed by atoms with E-state index in [0.717, 1.165) is 52.7 Å². The molecule has 3 nitrogen and oxygen atoms in total. The summed E-state index contributed by atoms with van der Waals surface area (Å²) >= 11 is 0. The Bertz CT molecular complexity index is 1100. The Kier molecular flexibility index (Phi) is 5.10. The second-order valence-electron chi connectivity index (χ2n) is 6.53. The summed E-state index contributed by atoms with van der Waals surface area (Å²) in [5.41, 5.74) is 1.72. The average molecular weight is 354 g/mol. The highest BCUT2D eigenvalue weighted by Crippen LogP contribution is 2.35. The Balaban J connectivity index is 1.72. The average Bonchev–Trinajstić information content (AvgIpc) is 2.73. The summed E-state index contributed by atoms with van der Waals surface area (Å²) in [6, 6.07) is 26.5. The van der Waals surface area contributed by atoms with Crippen LogP contribution < -0.4 is 4.74 Å². The molecule has 0 amide bonds. The molecule has 0 saturated heterocycles. The van der Waals surface area contributed by atoms with E-state index in [2.05, 4.69) is 47.5 Å². The predicted molar refractivity (Wildman–Crippen MR) is 112 cm³/mol. The molecule has 4 rings (SSSR count). The molecule has 0 spiro atoms. The number of rotatable bonds is 6. The number of unbranched alkanes of at least 4 members (excludes halogenated alkanes) is 1. The molecule has 0 aromatic heterocycles. The van der Waals surface area contributed by atoms with E-state index in [1.54, 1.807) is 0 Å². The molecule has 3 heteroatoms. The van der Waals surface area contributed by atoms with Gasteiger partial charge in [0.1, 0.15) is 5.75 Å². The van der Waals surface area contributed by atoms with Gasteiger partial charge in [0.2, 0.25) is 0 Å². The maximum absolute atomic E-state index is 5.96. The van der Waals surface area contributed by atoms with Crippen molar-refractivity contribution in [3.63, 3.8) is 0 Å².